The van der Waals surface area contributed by atoms with Crippen LogP contribution in [0.3, 0.4) is 0 Å². The van der Waals surface area contributed by atoms with Crippen LogP contribution in [-0.2, 0) is 0 Å². The number of rotatable bonds is 29. The van der Waals surface area contributed by atoms with Gasteiger partial charge in [-0.05, 0) is 200 Å². The standard InChI is InChI=1S/C56H52N2O4.C52H52N2O4/c1-5-8-10-14-42(7-3)58-55(61)48-18-12-16-46-44(32-34-50(52(46)48)56(58)62)41-29-25-39(26-30-41)37-21-19-36(20-22-37)38-23-27-40(28-24-38)43-31-33-49-51-45(43)15-11-17-47(51)53(59)57(54(49)60)35(4)13-9-6-2;1-5-9-11-15-37(7-3)53-49(55)43-19-13-17-41-39(29-31-45(47(41)43)51(53)57)35-25-21-33(22-26-35)34-23-27-36(28-24-34)40-30-32-46-48-42(40)18-14-20-44(48)50(56)54(52(46)58)38(8-4)16-12-10-6-2/h11-12,15-35,42H,5-10,13-14H2,1-4H3;13-14,17-32,37-38H,5-12,15-16H2,1-4H3. The molecule has 4 heterocycles. The summed E-state index contributed by atoms with van der Waals surface area (Å²) in [6.45, 7) is 16.8. The quantitative estimate of drug-likeness (QED) is 0.0332. The molecule has 0 N–H and O–H groups in total. The lowest BCUT2D eigenvalue weighted by molar-refractivity contribution is 0.0508. The second kappa shape index (κ2) is 35.2. The van der Waals surface area contributed by atoms with E-state index in [0.717, 1.165) is 237 Å². The molecular weight excluding hydrogens is 1480 g/mol. The molecule has 13 aromatic carbocycles. The first kappa shape index (κ1) is 81.2. The van der Waals surface area contributed by atoms with Crippen molar-refractivity contribution in [3.05, 3.63) is 287 Å². The zero-order chi connectivity index (χ0) is 83.6. The number of amides is 8. The van der Waals surface area contributed by atoms with Crippen LogP contribution in [0.15, 0.2) is 243 Å². The lowest BCUT2D eigenvalue weighted by Gasteiger charge is -2.34. The Balaban J connectivity index is 0.000000179. The zero-order valence-electron chi connectivity index (χ0n) is 70.2. The van der Waals surface area contributed by atoms with Crippen molar-refractivity contribution in [1.82, 2.24) is 19.6 Å². The van der Waals surface area contributed by atoms with Gasteiger partial charge in [-0.15, -0.1) is 0 Å². The maximum absolute atomic E-state index is 13.9. The van der Waals surface area contributed by atoms with E-state index in [9.17, 15) is 38.4 Å². The first-order chi connectivity index (χ1) is 58.5. The first-order valence-corrected chi connectivity index (χ1v) is 43.8. The molecule has 4 aliphatic heterocycles. The van der Waals surface area contributed by atoms with E-state index in [4.69, 9.17) is 0 Å². The minimum Gasteiger partial charge on any atom is -0.272 e. The maximum Gasteiger partial charge on any atom is 0.261 e. The molecule has 13 aromatic rings. The summed E-state index contributed by atoms with van der Waals surface area (Å²) in [6, 6.07) is 80.7. The van der Waals surface area contributed by atoms with Gasteiger partial charge in [-0.2, -0.15) is 0 Å². The molecule has 4 atom stereocenters. The third-order valence-electron chi connectivity index (χ3n) is 25.8. The number of nitrogens with zero attached hydrogens (tertiary/aromatic N) is 4. The predicted octanol–water partition coefficient (Wildman–Crippen LogP) is 26.7. The number of imide groups is 4. The van der Waals surface area contributed by atoms with E-state index in [1.807, 2.05) is 128 Å². The van der Waals surface area contributed by atoms with Crippen molar-refractivity contribution in [2.75, 3.05) is 0 Å². The van der Waals surface area contributed by atoms with Gasteiger partial charge in [-0.25, -0.2) is 0 Å². The van der Waals surface area contributed by atoms with Crippen molar-refractivity contribution in [1.29, 1.82) is 0 Å². The van der Waals surface area contributed by atoms with Crippen molar-refractivity contribution in [2.45, 2.75) is 195 Å². The van der Waals surface area contributed by atoms with Gasteiger partial charge in [0.2, 0.25) is 0 Å². The van der Waals surface area contributed by atoms with Gasteiger partial charge in [0, 0.05) is 90.2 Å². The smallest absolute Gasteiger partial charge is 0.261 e. The van der Waals surface area contributed by atoms with Crippen molar-refractivity contribution in [2.24, 2.45) is 0 Å². The first-order valence-electron chi connectivity index (χ1n) is 43.8. The molecule has 4 unspecified atom stereocenters. The zero-order valence-corrected chi connectivity index (χ0v) is 70.2. The highest BCUT2D eigenvalue weighted by Gasteiger charge is 2.42. The van der Waals surface area contributed by atoms with E-state index in [1.165, 1.54) is 19.6 Å². The molecule has 604 valence electrons. The summed E-state index contributed by atoms with van der Waals surface area (Å²) in [6.07, 6.45) is 17.0. The molecule has 0 aromatic heterocycles. The molecule has 0 saturated heterocycles. The second-order valence-electron chi connectivity index (χ2n) is 33.0. The second-order valence-corrected chi connectivity index (χ2v) is 33.0. The molecule has 12 nitrogen and oxygen atoms in total. The van der Waals surface area contributed by atoms with Crippen LogP contribution in [0.4, 0.5) is 0 Å². The Kier molecular flexibility index (Phi) is 23.8. The summed E-state index contributed by atoms with van der Waals surface area (Å²) in [5.41, 5.74) is 19.3. The molecule has 12 heteroatoms. The normalized spacial score (nSPS) is 14.7. The van der Waals surface area contributed by atoms with Gasteiger partial charge >= 0.3 is 0 Å². The fourth-order valence-electron chi connectivity index (χ4n) is 19.2. The Bertz CT molecular complexity index is 5910. The Morgan fingerprint density at radius 3 is 0.600 bits per heavy atom. The number of hydrogen-bond acceptors (Lipinski definition) is 8. The largest absolute Gasteiger partial charge is 0.272 e. The SMILES string of the molecule is CCCCCC(CC)N1C(=O)c2cccc3c(-c4ccc(-c5ccc(-c6ccc(-c7ccc8c9c(cccc79)C(=O)N(C(C)CCCC)C8=O)cc6)cc5)cc4)ccc(c23)C1=O.CCCCCC(CC)N1C(=O)c2cccc3c(-c4ccc(-c5ccc(-c6ccc7c8c(cccc68)C(=O)N(C(CC)CCCCC)C7=O)cc5)cc4)ccc(c23)C1=O. The third kappa shape index (κ3) is 14.8. The highest BCUT2D eigenvalue weighted by Crippen LogP contribution is 2.45. The van der Waals surface area contributed by atoms with E-state index < -0.39 is 0 Å². The fraction of sp³-hybridized carbons (Fsp3) is 0.278. The summed E-state index contributed by atoms with van der Waals surface area (Å²) in [5.74, 6) is -1.56. The minimum atomic E-state index is -0.210. The molecule has 17 rings (SSSR count). The molecule has 120 heavy (non-hydrogen) atoms. The van der Waals surface area contributed by atoms with Gasteiger partial charge < -0.3 is 0 Å². The van der Waals surface area contributed by atoms with Crippen LogP contribution in [-0.4, -0.2) is 91.0 Å². The molecule has 0 bridgehead atoms. The third-order valence-corrected chi connectivity index (χ3v) is 25.8. The Morgan fingerprint density at radius 2 is 0.392 bits per heavy atom. The molecule has 4 aliphatic rings. The van der Waals surface area contributed by atoms with Gasteiger partial charge in [0.05, 0.1) is 0 Å². The van der Waals surface area contributed by atoms with Gasteiger partial charge in [0.15, 0.2) is 0 Å². The number of carbonyl (C=O) groups excluding carboxylic acids is 8. The predicted molar refractivity (Wildman–Crippen MR) is 487 cm³/mol. The highest BCUT2D eigenvalue weighted by atomic mass is 16.2. The summed E-state index contributed by atoms with van der Waals surface area (Å²) in [7, 11) is 0. The fourth-order valence-corrected chi connectivity index (χ4v) is 19.2. The van der Waals surface area contributed by atoms with Crippen LogP contribution in [0.2, 0.25) is 0 Å². The molecule has 0 radical (unpaired) electrons. The Labute approximate surface area is 704 Å². The van der Waals surface area contributed by atoms with Gasteiger partial charge in [-0.1, -0.05) is 313 Å². The number of benzene rings is 13. The van der Waals surface area contributed by atoms with Crippen LogP contribution in [0.5, 0.6) is 0 Å². The average Bonchev–Trinajstić information content (AvgIpc) is 0.746. The molecule has 8 amide bonds. The van der Waals surface area contributed by atoms with Crippen LogP contribution in [0.1, 0.15) is 254 Å². The van der Waals surface area contributed by atoms with Crippen molar-refractivity contribution in [3.63, 3.8) is 0 Å². The number of unbranched alkanes of at least 4 members (excludes halogenated alkanes) is 7. The van der Waals surface area contributed by atoms with Gasteiger partial charge in [0.25, 0.3) is 47.3 Å². The molecule has 0 fully saturated rings. The summed E-state index contributed by atoms with van der Waals surface area (Å²) >= 11 is 0. The highest BCUT2D eigenvalue weighted by molar-refractivity contribution is 6.31. The van der Waals surface area contributed by atoms with Crippen molar-refractivity contribution >= 4 is 90.3 Å². The van der Waals surface area contributed by atoms with Crippen LogP contribution in [0.25, 0.3) is 121 Å². The Morgan fingerprint density at radius 1 is 0.200 bits per heavy atom. The van der Waals surface area contributed by atoms with Crippen molar-refractivity contribution in [3.8, 4) is 77.9 Å². The summed E-state index contributed by atoms with van der Waals surface area (Å²) < 4.78 is 0. The summed E-state index contributed by atoms with van der Waals surface area (Å²) in [4.78, 5) is 117. The molecule has 0 saturated carbocycles. The van der Waals surface area contributed by atoms with E-state index in [-0.39, 0.29) is 71.4 Å². The summed E-state index contributed by atoms with van der Waals surface area (Å²) in [5, 5.41) is 6.61. The van der Waals surface area contributed by atoms with E-state index in [2.05, 4.69) is 170 Å². The molecular formula is C108H104N4O8. The van der Waals surface area contributed by atoms with Gasteiger partial charge in [-0.3, -0.25) is 58.0 Å². The average molecular weight is 1590 g/mol. The molecule has 0 aliphatic carbocycles. The minimum absolute atomic E-state index is 0.102. The van der Waals surface area contributed by atoms with Crippen molar-refractivity contribution < 1.29 is 38.4 Å². The van der Waals surface area contributed by atoms with E-state index >= 15 is 0 Å². The monoisotopic (exact) mass is 1580 g/mol. The topological polar surface area (TPSA) is 150 Å². The number of hydrogen-bond donors (Lipinski definition) is 0. The van der Waals surface area contributed by atoms with Crippen LogP contribution >= 0.6 is 0 Å². The Hall–Kier alpha value is -12.5. The van der Waals surface area contributed by atoms with E-state index in [0.29, 0.717) is 44.5 Å². The maximum atomic E-state index is 13.9. The molecule has 0 spiro atoms. The van der Waals surface area contributed by atoms with Crippen LogP contribution in [0, 0.1) is 0 Å². The van der Waals surface area contributed by atoms with E-state index in [1.54, 1.807) is 0 Å². The number of carbonyl (C=O) groups is 8. The lowest BCUT2D eigenvalue weighted by Crippen LogP contribution is -2.46. The van der Waals surface area contributed by atoms with Crippen LogP contribution < -0.4 is 0 Å². The lowest BCUT2D eigenvalue weighted by atomic mass is 9.87. The van der Waals surface area contributed by atoms with Gasteiger partial charge in [0.1, 0.15) is 0 Å².